The van der Waals surface area contributed by atoms with Gasteiger partial charge in [-0.25, -0.2) is 9.79 Å². The summed E-state index contributed by atoms with van der Waals surface area (Å²) in [5.41, 5.74) is 1.92. The molecule has 0 radical (unpaired) electrons. The molecule has 1 aromatic heterocycles. The van der Waals surface area contributed by atoms with Crippen LogP contribution in [0.5, 0.6) is 17.2 Å². The van der Waals surface area contributed by atoms with Crippen molar-refractivity contribution < 1.29 is 23.7 Å². The van der Waals surface area contributed by atoms with Crippen LogP contribution in [0.4, 0.5) is 0 Å². The Hall–Kier alpha value is -3.37. The van der Waals surface area contributed by atoms with E-state index >= 15 is 0 Å². The Morgan fingerprint density at radius 1 is 1.11 bits per heavy atom. The lowest BCUT2D eigenvalue weighted by molar-refractivity contribution is -0.139. The van der Waals surface area contributed by atoms with Crippen LogP contribution in [0.3, 0.4) is 0 Å². The topological polar surface area (TPSA) is 88.4 Å². The molecule has 0 N–H and O–H groups in total. The second kappa shape index (κ2) is 11.4. The smallest absolute Gasteiger partial charge is 0.338 e. The number of hydrogen-bond donors (Lipinski definition) is 0. The molecule has 0 fully saturated rings. The minimum Gasteiger partial charge on any atom is -0.496 e. The van der Waals surface area contributed by atoms with E-state index in [9.17, 15) is 9.59 Å². The van der Waals surface area contributed by atoms with Crippen LogP contribution in [0.1, 0.15) is 37.9 Å². The summed E-state index contributed by atoms with van der Waals surface area (Å²) >= 11 is 4.82. The van der Waals surface area contributed by atoms with E-state index in [4.69, 9.17) is 18.9 Å². The van der Waals surface area contributed by atoms with Crippen LogP contribution in [0.25, 0.3) is 6.08 Å². The number of hydrogen-bond acceptors (Lipinski definition) is 8. The van der Waals surface area contributed by atoms with Gasteiger partial charge >= 0.3 is 5.97 Å². The first-order valence-corrected chi connectivity index (χ1v) is 13.3. The molecule has 0 bridgehead atoms. The Labute approximate surface area is 226 Å². The lowest BCUT2D eigenvalue weighted by Crippen LogP contribution is -2.40. The van der Waals surface area contributed by atoms with Gasteiger partial charge in [0, 0.05) is 10.0 Å². The van der Waals surface area contributed by atoms with Crippen molar-refractivity contribution in [2.24, 2.45) is 4.99 Å². The van der Waals surface area contributed by atoms with Gasteiger partial charge in [0.2, 0.25) is 0 Å². The molecule has 10 heteroatoms. The molecule has 0 saturated heterocycles. The highest BCUT2D eigenvalue weighted by atomic mass is 79.9. The second-order valence-corrected chi connectivity index (χ2v) is 9.87. The van der Waals surface area contributed by atoms with Gasteiger partial charge in [-0.15, -0.1) is 0 Å². The Morgan fingerprint density at radius 3 is 2.51 bits per heavy atom. The molecule has 2 heterocycles. The summed E-state index contributed by atoms with van der Waals surface area (Å²) in [4.78, 5) is 32.1. The van der Waals surface area contributed by atoms with E-state index in [2.05, 4.69) is 20.9 Å². The number of methoxy groups -OCH3 is 2. The van der Waals surface area contributed by atoms with E-state index in [1.165, 1.54) is 15.9 Å². The number of halogens is 1. The zero-order chi connectivity index (χ0) is 26.7. The van der Waals surface area contributed by atoms with Gasteiger partial charge in [-0.2, -0.15) is 0 Å². The Bertz CT molecular complexity index is 1560. The van der Waals surface area contributed by atoms with Crippen molar-refractivity contribution in [3.8, 4) is 17.2 Å². The molecule has 8 nitrogen and oxygen atoms in total. The van der Waals surface area contributed by atoms with Crippen LogP contribution in [0.15, 0.2) is 61.9 Å². The second-order valence-electron chi connectivity index (χ2n) is 8.00. The normalized spacial score (nSPS) is 15.2. The summed E-state index contributed by atoms with van der Waals surface area (Å²) in [6.07, 6.45) is 1.78. The summed E-state index contributed by atoms with van der Waals surface area (Å²) in [7, 11) is 3.13. The average Bonchev–Trinajstić information content (AvgIpc) is 3.19. The molecule has 0 spiro atoms. The monoisotopic (exact) mass is 586 g/mol. The van der Waals surface area contributed by atoms with E-state index in [-0.39, 0.29) is 12.2 Å². The maximum absolute atomic E-state index is 13.9. The van der Waals surface area contributed by atoms with Crippen LogP contribution in [-0.4, -0.2) is 38.0 Å². The number of thiazole rings is 1. The van der Waals surface area contributed by atoms with E-state index in [1.807, 2.05) is 31.2 Å². The minimum absolute atomic E-state index is 0.201. The lowest BCUT2D eigenvalue weighted by atomic mass is 9.95. The summed E-state index contributed by atoms with van der Waals surface area (Å²) in [6.45, 7) is 6.05. The molecular weight excluding hydrogens is 560 g/mol. The maximum atomic E-state index is 13.9. The lowest BCUT2D eigenvalue weighted by Gasteiger charge is -2.25. The number of rotatable bonds is 8. The number of fused-ring (bicyclic) bond motifs is 1. The molecule has 2 aromatic carbocycles. The summed E-state index contributed by atoms with van der Waals surface area (Å²) in [6, 6.07) is 10.2. The minimum atomic E-state index is -0.758. The highest BCUT2D eigenvalue weighted by Gasteiger charge is 2.35. The third kappa shape index (κ3) is 5.08. The van der Waals surface area contributed by atoms with Crippen LogP contribution in [0, 0.1) is 0 Å². The highest BCUT2D eigenvalue weighted by molar-refractivity contribution is 9.10. The van der Waals surface area contributed by atoms with E-state index < -0.39 is 12.0 Å². The summed E-state index contributed by atoms with van der Waals surface area (Å²) < 4.78 is 24.8. The Kier molecular flexibility index (Phi) is 8.19. The van der Waals surface area contributed by atoms with Crippen molar-refractivity contribution in [1.82, 2.24) is 4.57 Å². The zero-order valence-corrected chi connectivity index (χ0v) is 23.6. The Balaban J connectivity index is 1.97. The van der Waals surface area contributed by atoms with Crippen molar-refractivity contribution in [1.29, 1.82) is 0 Å². The number of benzene rings is 2. The van der Waals surface area contributed by atoms with Gasteiger partial charge in [0.1, 0.15) is 11.8 Å². The quantitative estimate of drug-likeness (QED) is 0.371. The largest absolute Gasteiger partial charge is 0.496 e. The van der Waals surface area contributed by atoms with Gasteiger partial charge in [0.25, 0.3) is 5.56 Å². The third-order valence-electron chi connectivity index (χ3n) is 5.82. The molecule has 4 rings (SSSR count). The number of para-hydroxylation sites is 1. The first-order valence-electron chi connectivity index (χ1n) is 11.7. The zero-order valence-electron chi connectivity index (χ0n) is 21.2. The van der Waals surface area contributed by atoms with E-state index in [1.54, 1.807) is 46.3 Å². The van der Waals surface area contributed by atoms with Crippen LogP contribution >= 0.6 is 27.3 Å². The molecule has 1 atom stereocenters. The predicted octanol–water partition coefficient (Wildman–Crippen LogP) is 3.98. The highest BCUT2D eigenvalue weighted by Crippen LogP contribution is 2.36. The van der Waals surface area contributed by atoms with Gasteiger partial charge in [0.05, 0.1) is 43.2 Å². The number of ether oxygens (including phenoxy) is 4. The number of carbonyl (C=O) groups is 1. The predicted molar refractivity (Wildman–Crippen MR) is 145 cm³/mol. The third-order valence-corrected chi connectivity index (χ3v) is 7.49. The maximum Gasteiger partial charge on any atom is 0.338 e. The van der Waals surface area contributed by atoms with Crippen LogP contribution in [-0.2, 0) is 9.53 Å². The first-order chi connectivity index (χ1) is 17.8. The van der Waals surface area contributed by atoms with Gasteiger partial charge < -0.3 is 18.9 Å². The van der Waals surface area contributed by atoms with Crippen molar-refractivity contribution in [2.75, 3.05) is 27.4 Å². The van der Waals surface area contributed by atoms with Gasteiger partial charge in [-0.05, 0) is 50.6 Å². The van der Waals surface area contributed by atoms with Crippen LogP contribution in [0.2, 0.25) is 0 Å². The van der Waals surface area contributed by atoms with E-state index in [0.29, 0.717) is 50.0 Å². The number of nitrogens with zero attached hydrogens (tertiary/aromatic N) is 2. The molecule has 37 heavy (non-hydrogen) atoms. The fourth-order valence-electron chi connectivity index (χ4n) is 4.21. The van der Waals surface area contributed by atoms with Crippen molar-refractivity contribution in [3.05, 3.63) is 83.0 Å². The summed E-state index contributed by atoms with van der Waals surface area (Å²) in [5, 5.41) is 0. The average molecular weight is 587 g/mol. The van der Waals surface area contributed by atoms with Gasteiger partial charge in [0.15, 0.2) is 16.3 Å². The van der Waals surface area contributed by atoms with Crippen LogP contribution < -0.4 is 29.1 Å². The standard InChI is InChI=1S/C27H27BrN2O6S/c1-6-35-21-12-16(18(28)14-20(21)34-5)13-22-25(31)30-24(17-10-8-9-11-19(17)33-4)23(26(32)36-7-2)15(3)29-27(30)37-22/h8-14,24H,6-7H2,1-5H3/b22-13+/t24-/m1/s1. The molecule has 0 aliphatic carbocycles. The molecule has 0 unspecified atom stereocenters. The molecule has 3 aromatic rings. The molecular formula is C27H27BrN2O6S. The van der Waals surface area contributed by atoms with Gasteiger partial charge in [-0.1, -0.05) is 45.5 Å². The van der Waals surface area contributed by atoms with Crippen molar-refractivity contribution >= 4 is 39.3 Å². The first kappa shape index (κ1) is 26.7. The fraction of sp³-hybridized carbons (Fsp3) is 0.296. The molecule has 1 aliphatic heterocycles. The van der Waals surface area contributed by atoms with E-state index in [0.717, 1.165) is 10.0 Å². The molecule has 194 valence electrons. The number of allylic oxidation sites excluding steroid dienone is 1. The van der Waals surface area contributed by atoms with Crippen molar-refractivity contribution in [3.63, 3.8) is 0 Å². The number of carbonyl (C=O) groups excluding carboxylic acids is 1. The number of aromatic nitrogens is 1. The van der Waals surface area contributed by atoms with Crippen molar-refractivity contribution in [2.45, 2.75) is 26.8 Å². The number of esters is 1. The van der Waals surface area contributed by atoms with Gasteiger partial charge in [-0.3, -0.25) is 9.36 Å². The molecule has 0 saturated carbocycles. The SMILES string of the molecule is CCOC(=O)C1=C(C)N=c2s/c(=C/c3cc(OCC)c(OC)cc3Br)c(=O)n2[C@@H]1c1ccccc1OC. The molecule has 0 amide bonds. The fourth-order valence-corrected chi connectivity index (χ4v) is 5.68. The summed E-state index contributed by atoms with van der Waals surface area (Å²) in [5.74, 6) is 1.18. The molecule has 1 aliphatic rings. The Morgan fingerprint density at radius 2 is 1.84 bits per heavy atom.